The van der Waals surface area contributed by atoms with Crippen LogP contribution in [0.3, 0.4) is 0 Å². The van der Waals surface area contributed by atoms with Gasteiger partial charge < -0.3 is 9.84 Å². The van der Waals surface area contributed by atoms with Crippen molar-refractivity contribution in [1.29, 1.82) is 0 Å². The predicted octanol–water partition coefficient (Wildman–Crippen LogP) is 2.18. The molecular weight excluding hydrogens is 288 g/mol. The van der Waals surface area contributed by atoms with Gasteiger partial charge in [0.05, 0.1) is 13.5 Å². The van der Waals surface area contributed by atoms with Crippen molar-refractivity contribution >= 4 is 27.9 Å². The standard InChI is InChI=1S/C12H13BrO4/c1-17-11(16)7-9-4-2-3-8(12(9)13)5-6-10(14)15/h2-4H,5-7H2,1H3,(H,14,15). The number of methoxy groups -OCH3 is 1. The molecular formula is C12H13BrO4. The van der Waals surface area contributed by atoms with Gasteiger partial charge in [-0.2, -0.15) is 0 Å². The van der Waals surface area contributed by atoms with Crippen LogP contribution in [0.25, 0.3) is 0 Å². The highest BCUT2D eigenvalue weighted by Gasteiger charge is 2.10. The van der Waals surface area contributed by atoms with E-state index < -0.39 is 5.97 Å². The minimum Gasteiger partial charge on any atom is -0.481 e. The number of aryl methyl sites for hydroxylation is 1. The van der Waals surface area contributed by atoms with Crippen molar-refractivity contribution < 1.29 is 19.4 Å². The Morgan fingerprint density at radius 2 is 2.00 bits per heavy atom. The number of hydrogen-bond acceptors (Lipinski definition) is 3. The number of carbonyl (C=O) groups is 2. The van der Waals surface area contributed by atoms with Crippen LogP contribution >= 0.6 is 15.9 Å². The second-order valence-corrected chi connectivity index (χ2v) is 4.33. The number of ether oxygens (including phenoxy) is 1. The van der Waals surface area contributed by atoms with Crippen LogP contribution in [-0.4, -0.2) is 24.2 Å². The van der Waals surface area contributed by atoms with Gasteiger partial charge in [0.15, 0.2) is 0 Å². The number of carbonyl (C=O) groups excluding carboxylic acids is 1. The van der Waals surface area contributed by atoms with Crippen molar-refractivity contribution in [3.63, 3.8) is 0 Å². The van der Waals surface area contributed by atoms with Gasteiger partial charge in [-0.15, -0.1) is 0 Å². The number of carboxylic acid groups (broad SMARTS) is 1. The van der Waals surface area contributed by atoms with Gasteiger partial charge in [-0.25, -0.2) is 0 Å². The molecule has 0 unspecified atom stereocenters. The molecule has 1 aromatic carbocycles. The van der Waals surface area contributed by atoms with E-state index >= 15 is 0 Å². The predicted molar refractivity (Wildman–Crippen MR) is 65.8 cm³/mol. The summed E-state index contributed by atoms with van der Waals surface area (Å²) in [4.78, 5) is 21.7. The molecule has 0 aliphatic heterocycles. The van der Waals surface area contributed by atoms with Gasteiger partial charge in [0, 0.05) is 10.9 Å². The molecule has 0 saturated carbocycles. The molecule has 0 amide bonds. The minimum atomic E-state index is -0.838. The smallest absolute Gasteiger partial charge is 0.310 e. The largest absolute Gasteiger partial charge is 0.481 e. The van der Waals surface area contributed by atoms with E-state index in [-0.39, 0.29) is 18.8 Å². The number of esters is 1. The normalized spacial score (nSPS) is 10.0. The van der Waals surface area contributed by atoms with Crippen LogP contribution in [-0.2, 0) is 27.2 Å². The molecule has 0 aromatic heterocycles. The summed E-state index contributed by atoms with van der Waals surface area (Å²) in [6.07, 6.45) is 0.684. The third-order valence-corrected chi connectivity index (χ3v) is 3.35. The fourth-order valence-corrected chi connectivity index (χ4v) is 2.03. The molecule has 0 atom stereocenters. The molecule has 0 aliphatic carbocycles. The van der Waals surface area contributed by atoms with Crippen molar-refractivity contribution in [2.45, 2.75) is 19.3 Å². The molecule has 92 valence electrons. The Labute approximate surface area is 108 Å². The highest BCUT2D eigenvalue weighted by atomic mass is 79.9. The summed E-state index contributed by atoms with van der Waals surface area (Å²) in [7, 11) is 1.34. The number of rotatable bonds is 5. The minimum absolute atomic E-state index is 0.0697. The van der Waals surface area contributed by atoms with E-state index in [9.17, 15) is 9.59 Å². The Balaban J connectivity index is 2.83. The Kier molecular flexibility index (Phi) is 5.15. The summed E-state index contributed by atoms with van der Waals surface area (Å²) in [5, 5.41) is 8.63. The quantitative estimate of drug-likeness (QED) is 0.847. The highest BCUT2D eigenvalue weighted by Crippen LogP contribution is 2.23. The Hall–Kier alpha value is -1.36. The maximum Gasteiger partial charge on any atom is 0.310 e. The van der Waals surface area contributed by atoms with E-state index in [1.807, 2.05) is 12.1 Å². The molecule has 17 heavy (non-hydrogen) atoms. The molecule has 5 heteroatoms. The first-order valence-corrected chi connectivity index (χ1v) is 5.88. The average Bonchev–Trinajstić information content (AvgIpc) is 2.30. The van der Waals surface area contributed by atoms with Crippen molar-refractivity contribution in [3.05, 3.63) is 33.8 Å². The molecule has 0 radical (unpaired) electrons. The van der Waals surface area contributed by atoms with Crippen molar-refractivity contribution in [2.24, 2.45) is 0 Å². The van der Waals surface area contributed by atoms with E-state index in [0.29, 0.717) is 6.42 Å². The average molecular weight is 301 g/mol. The maximum atomic E-state index is 11.2. The molecule has 0 spiro atoms. The van der Waals surface area contributed by atoms with Gasteiger partial charge in [-0.05, 0) is 17.5 Å². The third-order valence-electron chi connectivity index (χ3n) is 2.33. The molecule has 0 fully saturated rings. The third kappa shape index (κ3) is 4.19. The van der Waals surface area contributed by atoms with Crippen LogP contribution < -0.4 is 0 Å². The van der Waals surface area contributed by atoms with E-state index in [1.165, 1.54) is 7.11 Å². The maximum absolute atomic E-state index is 11.2. The van der Waals surface area contributed by atoms with Crippen LogP contribution in [0, 0.1) is 0 Å². The van der Waals surface area contributed by atoms with Crippen LogP contribution in [0.5, 0.6) is 0 Å². The van der Waals surface area contributed by atoms with Gasteiger partial charge in [0.25, 0.3) is 0 Å². The number of halogens is 1. The lowest BCUT2D eigenvalue weighted by atomic mass is 10.0. The van der Waals surface area contributed by atoms with Crippen LogP contribution in [0.4, 0.5) is 0 Å². The number of benzene rings is 1. The Bertz CT molecular complexity index is 429. The van der Waals surface area contributed by atoms with Gasteiger partial charge in [0.2, 0.25) is 0 Å². The van der Waals surface area contributed by atoms with E-state index in [4.69, 9.17) is 5.11 Å². The highest BCUT2D eigenvalue weighted by molar-refractivity contribution is 9.10. The fourth-order valence-electron chi connectivity index (χ4n) is 1.43. The summed E-state index contributed by atoms with van der Waals surface area (Å²) >= 11 is 3.39. The lowest BCUT2D eigenvalue weighted by Gasteiger charge is -2.08. The summed E-state index contributed by atoms with van der Waals surface area (Å²) in [5.74, 6) is -1.16. The summed E-state index contributed by atoms with van der Waals surface area (Å²) in [6, 6.07) is 5.46. The number of aliphatic carboxylic acids is 1. The van der Waals surface area contributed by atoms with Crippen LogP contribution in [0.1, 0.15) is 17.5 Å². The Morgan fingerprint density at radius 1 is 1.35 bits per heavy atom. The lowest BCUT2D eigenvalue weighted by molar-refractivity contribution is -0.140. The summed E-state index contributed by atoms with van der Waals surface area (Å²) in [6.45, 7) is 0. The molecule has 0 bridgehead atoms. The van der Waals surface area contributed by atoms with Gasteiger partial charge in [0.1, 0.15) is 0 Å². The SMILES string of the molecule is COC(=O)Cc1cccc(CCC(=O)O)c1Br. The lowest BCUT2D eigenvalue weighted by Crippen LogP contribution is -2.06. The molecule has 4 nitrogen and oxygen atoms in total. The van der Waals surface area contributed by atoms with Crippen LogP contribution in [0.2, 0.25) is 0 Å². The molecule has 0 aliphatic rings. The van der Waals surface area contributed by atoms with Gasteiger partial charge >= 0.3 is 11.9 Å². The summed E-state index contributed by atoms with van der Waals surface area (Å²) in [5.41, 5.74) is 1.69. The van der Waals surface area contributed by atoms with E-state index in [2.05, 4.69) is 20.7 Å². The van der Waals surface area contributed by atoms with Crippen molar-refractivity contribution in [1.82, 2.24) is 0 Å². The molecule has 1 N–H and O–H groups in total. The zero-order valence-corrected chi connectivity index (χ0v) is 11.0. The fraction of sp³-hybridized carbons (Fsp3) is 0.333. The first-order chi connectivity index (χ1) is 8.04. The zero-order chi connectivity index (χ0) is 12.8. The molecule has 1 rings (SSSR count). The zero-order valence-electron chi connectivity index (χ0n) is 9.40. The molecule has 0 saturated heterocycles. The molecule has 1 aromatic rings. The first-order valence-electron chi connectivity index (χ1n) is 5.09. The first kappa shape index (κ1) is 13.7. The second-order valence-electron chi connectivity index (χ2n) is 3.54. The second kappa shape index (κ2) is 6.39. The van der Waals surface area contributed by atoms with Gasteiger partial charge in [-0.3, -0.25) is 9.59 Å². The Morgan fingerprint density at radius 3 is 2.59 bits per heavy atom. The van der Waals surface area contributed by atoms with E-state index in [0.717, 1.165) is 15.6 Å². The van der Waals surface area contributed by atoms with Gasteiger partial charge in [-0.1, -0.05) is 34.1 Å². The van der Waals surface area contributed by atoms with E-state index in [1.54, 1.807) is 6.07 Å². The number of hydrogen-bond donors (Lipinski definition) is 1. The monoisotopic (exact) mass is 300 g/mol. The topological polar surface area (TPSA) is 63.6 Å². The summed E-state index contributed by atoms with van der Waals surface area (Å²) < 4.78 is 5.38. The van der Waals surface area contributed by atoms with Crippen LogP contribution in [0.15, 0.2) is 22.7 Å². The molecule has 0 heterocycles. The number of carboxylic acids is 1. The van der Waals surface area contributed by atoms with Crippen molar-refractivity contribution in [2.75, 3.05) is 7.11 Å². The van der Waals surface area contributed by atoms with Crippen molar-refractivity contribution in [3.8, 4) is 0 Å².